The molecule has 0 unspecified atom stereocenters. The molecule has 0 aliphatic heterocycles. The van der Waals surface area contributed by atoms with Crippen molar-refractivity contribution >= 4 is 11.6 Å². The van der Waals surface area contributed by atoms with E-state index in [9.17, 15) is 0 Å². The largest absolute Gasteiger partial charge is 0.268 e. The quantitative estimate of drug-likeness (QED) is 0.826. The normalized spacial score (nSPS) is 11.3. The third kappa shape index (κ3) is 1.82. The number of halogens is 1. The van der Waals surface area contributed by atoms with E-state index in [1.807, 2.05) is 22.4 Å². The third-order valence-electron chi connectivity index (χ3n) is 2.38. The Kier molecular flexibility index (Phi) is 2.96. The van der Waals surface area contributed by atoms with Gasteiger partial charge in [0.25, 0.3) is 0 Å². The first kappa shape index (κ1) is 11.1. The van der Waals surface area contributed by atoms with Crippen LogP contribution in [0.15, 0.2) is 12.4 Å². The van der Waals surface area contributed by atoms with Crippen molar-refractivity contribution in [2.45, 2.75) is 33.2 Å². The van der Waals surface area contributed by atoms with E-state index in [0.717, 1.165) is 17.9 Å². The highest BCUT2D eigenvalue weighted by Gasteiger charge is 2.12. The molecule has 2 aromatic rings. The van der Waals surface area contributed by atoms with Gasteiger partial charge in [-0.3, -0.25) is 9.25 Å². The van der Waals surface area contributed by atoms with Crippen molar-refractivity contribution in [1.82, 2.24) is 24.5 Å². The summed E-state index contributed by atoms with van der Waals surface area (Å²) in [6.45, 7) is 6.17. The number of aromatic nitrogens is 5. The Bertz CT molecular complexity index is 485. The first-order valence-corrected chi connectivity index (χ1v) is 5.65. The standard InChI is InChI=1S/C10H14ClN5/c1-4-9-13-14-10(11)16(9)8-5-12-15(6-8)7(2)3/h5-7H,4H2,1-3H3. The van der Waals surface area contributed by atoms with Crippen molar-refractivity contribution in [2.75, 3.05) is 0 Å². The van der Waals surface area contributed by atoms with Crippen LogP contribution in [0.25, 0.3) is 5.69 Å². The summed E-state index contributed by atoms with van der Waals surface area (Å²) in [4.78, 5) is 0. The SMILES string of the molecule is CCc1nnc(Cl)n1-c1cnn(C(C)C)c1. The van der Waals surface area contributed by atoms with Crippen molar-refractivity contribution in [3.63, 3.8) is 0 Å². The van der Waals surface area contributed by atoms with Crippen molar-refractivity contribution in [3.8, 4) is 5.69 Å². The second kappa shape index (κ2) is 4.25. The second-order valence-electron chi connectivity index (χ2n) is 3.85. The van der Waals surface area contributed by atoms with Gasteiger partial charge in [-0.05, 0) is 25.4 Å². The summed E-state index contributed by atoms with van der Waals surface area (Å²) in [6, 6.07) is 0.328. The lowest BCUT2D eigenvalue weighted by Gasteiger charge is -2.04. The van der Waals surface area contributed by atoms with Gasteiger partial charge in [-0.25, -0.2) is 0 Å². The van der Waals surface area contributed by atoms with Gasteiger partial charge in [0.15, 0.2) is 0 Å². The van der Waals surface area contributed by atoms with Crippen LogP contribution in [0.4, 0.5) is 0 Å². The Morgan fingerprint density at radius 3 is 2.69 bits per heavy atom. The van der Waals surface area contributed by atoms with Crippen LogP contribution in [-0.2, 0) is 6.42 Å². The van der Waals surface area contributed by atoms with E-state index in [2.05, 4.69) is 29.1 Å². The molecule has 0 amide bonds. The zero-order chi connectivity index (χ0) is 11.7. The smallest absolute Gasteiger partial charge is 0.229 e. The Balaban J connectivity index is 2.45. The molecule has 0 aromatic carbocycles. The van der Waals surface area contributed by atoms with Crippen LogP contribution in [0.1, 0.15) is 32.6 Å². The molecule has 0 bridgehead atoms. The highest BCUT2D eigenvalue weighted by Crippen LogP contribution is 2.17. The summed E-state index contributed by atoms with van der Waals surface area (Å²) >= 11 is 6.00. The maximum Gasteiger partial charge on any atom is 0.229 e. The summed E-state index contributed by atoms with van der Waals surface area (Å²) < 4.78 is 3.69. The molecule has 5 nitrogen and oxygen atoms in total. The molecule has 2 aromatic heterocycles. The molecule has 0 saturated carbocycles. The van der Waals surface area contributed by atoms with Crippen LogP contribution in [0.3, 0.4) is 0 Å². The molecule has 16 heavy (non-hydrogen) atoms. The van der Waals surface area contributed by atoms with Crippen molar-refractivity contribution < 1.29 is 0 Å². The van der Waals surface area contributed by atoms with Crippen LogP contribution in [0.2, 0.25) is 5.28 Å². The minimum absolute atomic E-state index is 0.328. The summed E-state index contributed by atoms with van der Waals surface area (Å²) in [7, 11) is 0. The van der Waals surface area contributed by atoms with Crippen LogP contribution in [0.5, 0.6) is 0 Å². The van der Waals surface area contributed by atoms with Crippen LogP contribution in [0, 0.1) is 0 Å². The van der Waals surface area contributed by atoms with Gasteiger partial charge in [0, 0.05) is 18.7 Å². The fraction of sp³-hybridized carbons (Fsp3) is 0.500. The number of nitrogens with zero attached hydrogens (tertiary/aromatic N) is 5. The maximum absolute atomic E-state index is 6.00. The predicted octanol–water partition coefficient (Wildman–Crippen LogP) is 2.26. The molecular weight excluding hydrogens is 226 g/mol. The lowest BCUT2D eigenvalue weighted by molar-refractivity contribution is 0.532. The molecule has 0 spiro atoms. The monoisotopic (exact) mass is 239 g/mol. The summed E-state index contributed by atoms with van der Waals surface area (Å²) in [5.41, 5.74) is 0.903. The first-order valence-electron chi connectivity index (χ1n) is 5.27. The van der Waals surface area contributed by atoms with E-state index < -0.39 is 0 Å². The van der Waals surface area contributed by atoms with E-state index in [4.69, 9.17) is 11.6 Å². The minimum atomic E-state index is 0.328. The topological polar surface area (TPSA) is 48.5 Å². The third-order valence-corrected chi connectivity index (χ3v) is 2.63. The number of hydrogen-bond donors (Lipinski definition) is 0. The Morgan fingerprint density at radius 2 is 2.12 bits per heavy atom. The molecule has 86 valence electrons. The average Bonchev–Trinajstić information content (AvgIpc) is 2.83. The van der Waals surface area contributed by atoms with Gasteiger partial charge in [-0.1, -0.05) is 6.92 Å². The lowest BCUT2D eigenvalue weighted by atomic mass is 10.4. The fourth-order valence-corrected chi connectivity index (χ4v) is 1.74. The Labute approximate surface area is 99.1 Å². The molecule has 0 saturated heterocycles. The first-order chi connectivity index (χ1) is 7.63. The average molecular weight is 240 g/mol. The molecule has 2 rings (SSSR count). The van der Waals surface area contributed by atoms with Crippen molar-refractivity contribution in [3.05, 3.63) is 23.5 Å². The lowest BCUT2D eigenvalue weighted by Crippen LogP contribution is -2.01. The molecule has 0 aliphatic carbocycles. The zero-order valence-electron chi connectivity index (χ0n) is 9.55. The van der Waals surface area contributed by atoms with Gasteiger partial charge in [0.05, 0.1) is 11.9 Å². The Morgan fingerprint density at radius 1 is 1.38 bits per heavy atom. The summed E-state index contributed by atoms with van der Waals surface area (Å²) in [5, 5.41) is 12.5. The highest BCUT2D eigenvalue weighted by atomic mass is 35.5. The van der Waals surface area contributed by atoms with Gasteiger partial charge in [0.2, 0.25) is 5.28 Å². The van der Waals surface area contributed by atoms with Gasteiger partial charge >= 0.3 is 0 Å². The highest BCUT2D eigenvalue weighted by molar-refractivity contribution is 6.28. The van der Waals surface area contributed by atoms with Crippen LogP contribution >= 0.6 is 11.6 Å². The van der Waals surface area contributed by atoms with Gasteiger partial charge in [-0.2, -0.15) is 5.10 Å². The molecule has 0 atom stereocenters. The van der Waals surface area contributed by atoms with Crippen LogP contribution < -0.4 is 0 Å². The van der Waals surface area contributed by atoms with Crippen molar-refractivity contribution in [1.29, 1.82) is 0 Å². The molecule has 0 aliphatic rings. The van der Waals surface area contributed by atoms with E-state index in [1.165, 1.54) is 0 Å². The van der Waals surface area contributed by atoms with Gasteiger partial charge in [0.1, 0.15) is 5.82 Å². The van der Waals surface area contributed by atoms with E-state index in [1.54, 1.807) is 6.20 Å². The molecule has 0 radical (unpaired) electrons. The predicted molar refractivity (Wildman–Crippen MR) is 61.9 cm³/mol. The maximum atomic E-state index is 6.00. The van der Waals surface area contributed by atoms with Gasteiger partial charge < -0.3 is 0 Å². The fourth-order valence-electron chi connectivity index (χ4n) is 1.51. The van der Waals surface area contributed by atoms with Crippen molar-refractivity contribution in [2.24, 2.45) is 0 Å². The number of rotatable bonds is 3. The minimum Gasteiger partial charge on any atom is -0.268 e. The molecule has 6 heteroatoms. The molecule has 2 heterocycles. The number of hydrogen-bond acceptors (Lipinski definition) is 3. The molecule has 0 N–H and O–H groups in total. The van der Waals surface area contributed by atoms with Gasteiger partial charge in [-0.15, -0.1) is 10.2 Å². The summed E-state index contributed by atoms with van der Waals surface area (Å²) in [5.74, 6) is 0.841. The number of aryl methyl sites for hydroxylation is 1. The van der Waals surface area contributed by atoms with E-state index >= 15 is 0 Å². The molecular formula is C10H14ClN5. The second-order valence-corrected chi connectivity index (χ2v) is 4.18. The van der Waals surface area contributed by atoms with E-state index in [0.29, 0.717) is 11.3 Å². The Hall–Kier alpha value is -1.36. The summed E-state index contributed by atoms with van der Waals surface area (Å²) in [6.07, 6.45) is 4.50. The molecule has 0 fully saturated rings. The zero-order valence-corrected chi connectivity index (χ0v) is 10.3. The van der Waals surface area contributed by atoms with Crippen LogP contribution in [-0.4, -0.2) is 24.5 Å². The van der Waals surface area contributed by atoms with E-state index in [-0.39, 0.29) is 0 Å².